The van der Waals surface area contributed by atoms with Gasteiger partial charge in [0.1, 0.15) is 5.75 Å². The van der Waals surface area contributed by atoms with Crippen molar-refractivity contribution in [2.75, 3.05) is 26.2 Å². The lowest BCUT2D eigenvalue weighted by atomic mass is 9.87. The topological polar surface area (TPSA) is 35.5 Å². The number of likely N-dealkylation sites (tertiary alicyclic amines) is 1. The standard InChI is InChI=1S/C18H28N2O/c1-2-20-10-8-14(9-11-20)13-19-18-5-3-4-15-12-16(21)6-7-17(15)18/h6-7,12,14,18-19,21H,2-5,8-11,13H2,1H3. The van der Waals surface area contributed by atoms with Crippen LogP contribution < -0.4 is 5.32 Å². The predicted octanol–water partition coefficient (Wildman–Crippen LogP) is 3.09. The average molecular weight is 288 g/mol. The molecule has 2 N–H and O–H groups in total. The van der Waals surface area contributed by atoms with Gasteiger partial charge in [0.15, 0.2) is 0 Å². The van der Waals surface area contributed by atoms with Gasteiger partial charge in [-0.3, -0.25) is 0 Å². The first-order chi connectivity index (χ1) is 10.3. The first-order valence-corrected chi connectivity index (χ1v) is 8.53. The summed E-state index contributed by atoms with van der Waals surface area (Å²) in [5, 5.41) is 13.4. The molecule has 1 saturated heterocycles. The lowest BCUT2D eigenvalue weighted by Gasteiger charge is -2.33. The highest BCUT2D eigenvalue weighted by molar-refractivity contribution is 5.38. The lowest BCUT2D eigenvalue weighted by Crippen LogP contribution is -2.38. The quantitative estimate of drug-likeness (QED) is 0.893. The Morgan fingerprint density at radius 1 is 1.24 bits per heavy atom. The van der Waals surface area contributed by atoms with E-state index in [1.807, 2.05) is 12.1 Å². The number of nitrogens with one attached hydrogen (secondary N) is 1. The van der Waals surface area contributed by atoms with Gasteiger partial charge in [0.05, 0.1) is 0 Å². The van der Waals surface area contributed by atoms with E-state index in [1.54, 1.807) is 0 Å². The van der Waals surface area contributed by atoms with Gasteiger partial charge in [-0.2, -0.15) is 0 Å². The fourth-order valence-corrected chi connectivity index (χ4v) is 3.83. The van der Waals surface area contributed by atoms with Crippen LogP contribution in [-0.2, 0) is 6.42 Å². The molecule has 1 atom stereocenters. The molecule has 0 aromatic heterocycles. The highest BCUT2D eigenvalue weighted by Crippen LogP contribution is 2.32. The maximum Gasteiger partial charge on any atom is 0.115 e. The Morgan fingerprint density at radius 3 is 2.81 bits per heavy atom. The minimum Gasteiger partial charge on any atom is -0.508 e. The Kier molecular flexibility index (Phi) is 4.81. The molecule has 116 valence electrons. The van der Waals surface area contributed by atoms with Gasteiger partial charge in [0, 0.05) is 6.04 Å². The Balaban J connectivity index is 1.55. The van der Waals surface area contributed by atoms with E-state index in [0.717, 1.165) is 18.9 Å². The number of fused-ring (bicyclic) bond motifs is 1. The van der Waals surface area contributed by atoms with Crippen molar-refractivity contribution in [3.63, 3.8) is 0 Å². The van der Waals surface area contributed by atoms with E-state index in [-0.39, 0.29) is 0 Å². The van der Waals surface area contributed by atoms with Crippen LogP contribution in [0.3, 0.4) is 0 Å². The van der Waals surface area contributed by atoms with E-state index in [4.69, 9.17) is 0 Å². The van der Waals surface area contributed by atoms with E-state index < -0.39 is 0 Å². The highest BCUT2D eigenvalue weighted by Gasteiger charge is 2.23. The molecule has 3 heteroatoms. The van der Waals surface area contributed by atoms with Gasteiger partial charge in [-0.25, -0.2) is 0 Å². The molecule has 3 nitrogen and oxygen atoms in total. The van der Waals surface area contributed by atoms with Crippen molar-refractivity contribution < 1.29 is 5.11 Å². The van der Waals surface area contributed by atoms with E-state index in [9.17, 15) is 5.11 Å². The Bertz CT molecular complexity index is 466. The van der Waals surface area contributed by atoms with Gasteiger partial charge < -0.3 is 15.3 Å². The summed E-state index contributed by atoms with van der Waals surface area (Å²) in [5.41, 5.74) is 2.74. The van der Waals surface area contributed by atoms with Crippen LogP contribution in [0, 0.1) is 5.92 Å². The van der Waals surface area contributed by atoms with Gasteiger partial charge in [-0.15, -0.1) is 0 Å². The number of phenolic OH excluding ortho intramolecular Hbond substituents is 1. The van der Waals surface area contributed by atoms with Gasteiger partial charge in [-0.05, 0) is 87.5 Å². The molecule has 0 spiro atoms. The van der Waals surface area contributed by atoms with Crippen LogP contribution in [0.4, 0.5) is 0 Å². The van der Waals surface area contributed by atoms with Gasteiger partial charge in [0.2, 0.25) is 0 Å². The number of nitrogens with zero attached hydrogens (tertiary/aromatic N) is 1. The van der Waals surface area contributed by atoms with E-state index in [1.165, 1.54) is 56.4 Å². The van der Waals surface area contributed by atoms with Crippen LogP contribution in [0.15, 0.2) is 18.2 Å². The number of aryl methyl sites for hydroxylation is 1. The van der Waals surface area contributed by atoms with Gasteiger partial charge >= 0.3 is 0 Å². The second kappa shape index (κ2) is 6.80. The van der Waals surface area contributed by atoms with E-state index in [0.29, 0.717) is 11.8 Å². The third-order valence-corrected chi connectivity index (χ3v) is 5.25. The fourth-order valence-electron chi connectivity index (χ4n) is 3.83. The average Bonchev–Trinajstić information content (AvgIpc) is 2.53. The van der Waals surface area contributed by atoms with Crippen LogP contribution >= 0.6 is 0 Å². The molecule has 1 aromatic rings. The zero-order chi connectivity index (χ0) is 14.7. The molecule has 21 heavy (non-hydrogen) atoms. The molecule has 0 bridgehead atoms. The van der Waals surface area contributed by atoms with Crippen LogP contribution in [-0.4, -0.2) is 36.2 Å². The van der Waals surface area contributed by atoms with Crippen molar-refractivity contribution in [3.8, 4) is 5.75 Å². The summed E-state index contributed by atoms with van der Waals surface area (Å²) in [6.07, 6.45) is 6.22. The van der Waals surface area contributed by atoms with Crippen molar-refractivity contribution in [2.45, 2.75) is 45.1 Å². The predicted molar refractivity (Wildman–Crippen MR) is 86.6 cm³/mol. The zero-order valence-electron chi connectivity index (χ0n) is 13.1. The summed E-state index contributed by atoms with van der Waals surface area (Å²) in [5.74, 6) is 1.23. The normalized spacial score (nSPS) is 24.0. The summed E-state index contributed by atoms with van der Waals surface area (Å²) < 4.78 is 0. The molecule has 0 saturated carbocycles. The Hall–Kier alpha value is -1.06. The lowest BCUT2D eigenvalue weighted by molar-refractivity contribution is 0.186. The van der Waals surface area contributed by atoms with Crippen molar-refractivity contribution in [1.82, 2.24) is 10.2 Å². The smallest absolute Gasteiger partial charge is 0.115 e. The second-order valence-electron chi connectivity index (χ2n) is 6.61. The summed E-state index contributed by atoms with van der Waals surface area (Å²) in [6.45, 7) is 7.12. The fraction of sp³-hybridized carbons (Fsp3) is 0.667. The molecule has 1 aliphatic heterocycles. The van der Waals surface area contributed by atoms with Crippen molar-refractivity contribution in [2.24, 2.45) is 5.92 Å². The molecular formula is C18H28N2O. The van der Waals surface area contributed by atoms with E-state index in [2.05, 4.69) is 23.2 Å². The second-order valence-corrected chi connectivity index (χ2v) is 6.61. The number of piperidine rings is 1. The molecule has 1 aliphatic carbocycles. The number of benzene rings is 1. The minimum absolute atomic E-state index is 0.404. The Morgan fingerprint density at radius 2 is 2.05 bits per heavy atom. The monoisotopic (exact) mass is 288 g/mol. The van der Waals surface area contributed by atoms with Crippen molar-refractivity contribution in [3.05, 3.63) is 29.3 Å². The molecule has 3 rings (SSSR count). The van der Waals surface area contributed by atoms with Crippen molar-refractivity contribution >= 4 is 0 Å². The third kappa shape index (κ3) is 3.58. The number of hydrogen-bond acceptors (Lipinski definition) is 3. The molecule has 2 aliphatic rings. The third-order valence-electron chi connectivity index (χ3n) is 5.25. The molecular weight excluding hydrogens is 260 g/mol. The summed E-state index contributed by atoms with van der Waals surface area (Å²) in [4.78, 5) is 2.55. The maximum absolute atomic E-state index is 9.63. The van der Waals surface area contributed by atoms with E-state index >= 15 is 0 Å². The molecule has 1 aromatic carbocycles. The molecule has 1 unspecified atom stereocenters. The van der Waals surface area contributed by atoms with Gasteiger partial charge in [0.25, 0.3) is 0 Å². The van der Waals surface area contributed by atoms with Gasteiger partial charge in [-0.1, -0.05) is 13.0 Å². The minimum atomic E-state index is 0.404. The van der Waals surface area contributed by atoms with Crippen LogP contribution in [0.1, 0.15) is 49.8 Å². The van der Waals surface area contributed by atoms with Crippen LogP contribution in [0.2, 0.25) is 0 Å². The molecule has 0 radical (unpaired) electrons. The number of hydrogen-bond donors (Lipinski definition) is 2. The molecule has 0 amide bonds. The maximum atomic E-state index is 9.63. The summed E-state index contributed by atoms with van der Waals surface area (Å²) in [7, 11) is 0. The first kappa shape index (κ1) is 14.9. The van der Waals surface area contributed by atoms with Crippen molar-refractivity contribution in [1.29, 1.82) is 0 Å². The number of phenols is 1. The van der Waals surface area contributed by atoms with Crippen LogP contribution in [0.25, 0.3) is 0 Å². The van der Waals surface area contributed by atoms with Crippen LogP contribution in [0.5, 0.6) is 5.75 Å². The highest BCUT2D eigenvalue weighted by atomic mass is 16.3. The first-order valence-electron chi connectivity index (χ1n) is 8.53. The Labute approximate surface area is 128 Å². The zero-order valence-corrected chi connectivity index (χ0v) is 13.1. The number of aromatic hydroxyl groups is 1. The summed E-state index contributed by atoms with van der Waals surface area (Å²) >= 11 is 0. The largest absolute Gasteiger partial charge is 0.508 e. The molecule has 1 fully saturated rings. The number of rotatable bonds is 4. The molecule has 1 heterocycles. The summed E-state index contributed by atoms with van der Waals surface area (Å²) in [6, 6.07) is 6.38. The SMILES string of the molecule is CCN1CCC(CNC2CCCc3cc(O)ccc32)CC1.